The number of benzene rings is 1. The zero-order valence-electron chi connectivity index (χ0n) is 11.3. The van der Waals surface area contributed by atoms with Gasteiger partial charge in [-0.05, 0) is 31.9 Å². The molecule has 1 heterocycles. The normalized spacial score (nSPS) is 18.9. The van der Waals surface area contributed by atoms with Gasteiger partial charge < -0.3 is 10.2 Å². The molecular weight excluding hydrogens is 224 g/mol. The van der Waals surface area contributed by atoms with Crippen LogP contribution < -0.4 is 5.32 Å². The van der Waals surface area contributed by atoms with Crippen LogP contribution in [-0.2, 0) is 11.2 Å². The third-order valence-corrected chi connectivity index (χ3v) is 3.52. The molecule has 0 aliphatic carbocycles. The first-order valence-corrected chi connectivity index (χ1v) is 6.68. The standard InChI is InChI=1S/C15H22N2O/c1-12-5-3-6-13(9-12)10-15(18)17(2)11-14-7-4-8-16-14/h3,5-6,9,14,16H,4,7-8,10-11H2,1-2H3. The van der Waals surface area contributed by atoms with Crippen LogP contribution in [0.2, 0.25) is 0 Å². The number of likely N-dealkylation sites (N-methyl/N-ethyl adjacent to an activating group) is 1. The topological polar surface area (TPSA) is 32.3 Å². The molecule has 1 aliphatic heterocycles. The third kappa shape index (κ3) is 3.57. The second kappa shape index (κ2) is 6.01. The summed E-state index contributed by atoms with van der Waals surface area (Å²) >= 11 is 0. The van der Waals surface area contributed by atoms with E-state index in [4.69, 9.17) is 0 Å². The summed E-state index contributed by atoms with van der Waals surface area (Å²) in [6.45, 7) is 3.97. The fourth-order valence-corrected chi connectivity index (χ4v) is 2.48. The molecule has 1 unspecified atom stereocenters. The van der Waals surface area contributed by atoms with Crippen molar-refractivity contribution in [2.75, 3.05) is 20.1 Å². The van der Waals surface area contributed by atoms with Crippen LogP contribution in [0.4, 0.5) is 0 Å². The van der Waals surface area contributed by atoms with Gasteiger partial charge in [0.1, 0.15) is 0 Å². The van der Waals surface area contributed by atoms with Crippen LogP contribution in [0, 0.1) is 6.92 Å². The predicted molar refractivity (Wildman–Crippen MR) is 73.5 cm³/mol. The summed E-state index contributed by atoms with van der Waals surface area (Å²) in [5, 5.41) is 3.42. The SMILES string of the molecule is Cc1cccc(CC(=O)N(C)CC2CCCN2)c1. The van der Waals surface area contributed by atoms with E-state index < -0.39 is 0 Å². The predicted octanol–water partition coefficient (Wildman–Crippen LogP) is 1.75. The average molecular weight is 246 g/mol. The summed E-state index contributed by atoms with van der Waals surface area (Å²) < 4.78 is 0. The van der Waals surface area contributed by atoms with Gasteiger partial charge in [-0.3, -0.25) is 4.79 Å². The maximum Gasteiger partial charge on any atom is 0.226 e. The van der Waals surface area contributed by atoms with E-state index in [9.17, 15) is 4.79 Å². The van der Waals surface area contributed by atoms with Gasteiger partial charge in [-0.25, -0.2) is 0 Å². The number of carbonyl (C=O) groups excluding carboxylic acids is 1. The molecule has 98 valence electrons. The first-order chi connectivity index (χ1) is 8.65. The number of carbonyl (C=O) groups is 1. The molecule has 1 saturated heterocycles. The highest BCUT2D eigenvalue weighted by Crippen LogP contribution is 2.09. The van der Waals surface area contributed by atoms with Crippen LogP contribution in [0.5, 0.6) is 0 Å². The molecule has 3 heteroatoms. The van der Waals surface area contributed by atoms with Crippen molar-refractivity contribution in [3.63, 3.8) is 0 Å². The molecule has 1 aliphatic rings. The van der Waals surface area contributed by atoms with E-state index in [1.807, 2.05) is 24.1 Å². The van der Waals surface area contributed by atoms with Crippen molar-refractivity contribution in [3.05, 3.63) is 35.4 Å². The molecule has 1 fully saturated rings. The van der Waals surface area contributed by atoms with Gasteiger partial charge in [0.2, 0.25) is 5.91 Å². The molecule has 1 amide bonds. The molecule has 0 bridgehead atoms. The second-order valence-corrected chi connectivity index (χ2v) is 5.23. The Hall–Kier alpha value is -1.35. The zero-order chi connectivity index (χ0) is 13.0. The molecule has 1 atom stereocenters. The second-order valence-electron chi connectivity index (χ2n) is 5.23. The number of rotatable bonds is 4. The Morgan fingerprint density at radius 3 is 3.00 bits per heavy atom. The van der Waals surface area contributed by atoms with Gasteiger partial charge in [0.15, 0.2) is 0 Å². The highest BCUT2D eigenvalue weighted by Gasteiger charge is 2.18. The van der Waals surface area contributed by atoms with E-state index in [-0.39, 0.29) is 5.91 Å². The van der Waals surface area contributed by atoms with Gasteiger partial charge in [0.25, 0.3) is 0 Å². The minimum atomic E-state index is 0.203. The molecule has 0 aromatic heterocycles. The van der Waals surface area contributed by atoms with Crippen LogP contribution in [0.3, 0.4) is 0 Å². The Kier molecular flexibility index (Phi) is 4.37. The van der Waals surface area contributed by atoms with Crippen molar-refractivity contribution in [1.82, 2.24) is 10.2 Å². The number of nitrogens with zero attached hydrogens (tertiary/aromatic N) is 1. The van der Waals surface area contributed by atoms with Crippen molar-refractivity contribution in [2.24, 2.45) is 0 Å². The van der Waals surface area contributed by atoms with E-state index in [0.717, 1.165) is 18.7 Å². The lowest BCUT2D eigenvalue weighted by Crippen LogP contribution is -2.39. The maximum absolute atomic E-state index is 12.1. The number of hydrogen-bond donors (Lipinski definition) is 1. The monoisotopic (exact) mass is 246 g/mol. The molecule has 0 spiro atoms. The number of nitrogens with one attached hydrogen (secondary N) is 1. The minimum Gasteiger partial charge on any atom is -0.344 e. The van der Waals surface area contributed by atoms with Gasteiger partial charge in [-0.1, -0.05) is 29.8 Å². The molecule has 0 radical (unpaired) electrons. The Morgan fingerprint density at radius 2 is 2.33 bits per heavy atom. The van der Waals surface area contributed by atoms with Crippen LogP contribution in [0.25, 0.3) is 0 Å². The molecule has 18 heavy (non-hydrogen) atoms. The molecule has 1 N–H and O–H groups in total. The van der Waals surface area contributed by atoms with Gasteiger partial charge in [0.05, 0.1) is 6.42 Å². The third-order valence-electron chi connectivity index (χ3n) is 3.52. The van der Waals surface area contributed by atoms with E-state index >= 15 is 0 Å². The summed E-state index contributed by atoms with van der Waals surface area (Å²) in [4.78, 5) is 14.0. The zero-order valence-corrected chi connectivity index (χ0v) is 11.3. The molecule has 1 aromatic carbocycles. The van der Waals surface area contributed by atoms with Crippen LogP contribution in [0.1, 0.15) is 24.0 Å². The fraction of sp³-hybridized carbons (Fsp3) is 0.533. The van der Waals surface area contributed by atoms with E-state index in [2.05, 4.69) is 24.4 Å². The van der Waals surface area contributed by atoms with Crippen LogP contribution in [-0.4, -0.2) is 37.0 Å². The van der Waals surface area contributed by atoms with Gasteiger partial charge in [-0.2, -0.15) is 0 Å². The lowest BCUT2D eigenvalue weighted by Gasteiger charge is -2.21. The first-order valence-electron chi connectivity index (χ1n) is 6.68. The minimum absolute atomic E-state index is 0.203. The maximum atomic E-state index is 12.1. The quantitative estimate of drug-likeness (QED) is 0.878. The Bertz CT molecular complexity index is 411. The van der Waals surface area contributed by atoms with E-state index in [1.54, 1.807) is 0 Å². The van der Waals surface area contributed by atoms with Gasteiger partial charge >= 0.3 is 0 Å². The largest absolute Gasteiger partial charge is 0.344 e. The molecule has 0 saturated carbocycles. The molecular formula is C15H22N2O. The van der Waals surface area contributed by atoms with Crippen molar-refractivity contribution in [3.8, 4) is 0 Å². The summed E-state index contributed by atoms with van der Waals surface area (Å²) in [5.41, 5.74) is 2.31. The first kappa shape index (κ1) is 13.1. The number of amides is 1. The molecule has 1 aromatic rings. The van der Waals surface area contributed by atoms with Gasteiger partial charge in [0, 0.05) is 19.6 Å². The summed E-state index contributed by atoms with van der Waals surface area (Å²) in [5.74, 6) is 0.203. The fourth-order valence-electron chi connectivity index (χ4n) is 2.48. The van der Waals surface area contributed by atoms with Crippen molar-refractivity contribution in [1.29, 1.82) is 0 Å². The summed E-state index contributed by atoms with van der Waals surface area (Å²) in [6.07, 6.45) is 2.91. The highest BCUT2D eigenvalue weighted by atomic mass is 16.2. The van der Waals surface area contributed by atoms with Crippen LogP contribution >= 0.6 is 0 Å². The number of aryl methyl sites for hydroxylation is 1. The Morgan fingerprint density at radius 1 is 1.50 bits per heavy atom. The lowest BCUT2D eigenvalue weighted by atomic mass is 10.1. The van der Waals surface area contributed by atoms with E-state index in [1.165, 1.54) is 18.4 Å². The summed E-state index contributed by atoms with van der Waals surface area (Å²) in [7, 11) is 1.90. The van der Waals surface area contributed by atoms with Crippen molar-refractivity contribution in [2.45, 2.75) is 32.2 Å². The Labute approximate surface area is 109 Å². The smallest absolute Gasteiger partial charge is 0.226 e. The van der Waals surface area contributed by atoms with E-state index in [0.29, 0.717) is 12.5 Å². The van der Waals surface area contributed by atoms with Crippen molar-refractivity contribution >= 4 is 5.91 Å². The molecule has 2 rings (SSSR count). The summed E-state index contributed by atoms with van der Waals surface area (Å²) in [6, 6.07) is 8.65. The Balaban J connectivity index is 1.86. The number of hydrogen-bond acceptors (Lipinski definition) is 2. The van der Waals surface area contributed by atoms with Crippen LogP contribution in [0.15, 0.2) is 24.3 Å². The van der Waals surface area contributed by atoms with Crippen molar-refractivity contribution < 1.29 is 4.79 Å². The lowest BCUT2D eigenvalue weighted by molar-refractivity contribution is -0.129. The average Bonchev–Trinajstić information content (AvgIpc) is 2.81. The highest BCUT2D eigenvalue weighted by molar-refractivity contribution is 5.78. The van der Waals surface area contributed by atoms with Gasteiger partial charge in [-0.15, -0.1) is 0 Å². The molecule has 3 nitrogen and oxygen atoms in total.